The van der Waals surface area contributed by atoms with Gasteiger partial charge in [-0.25, -0.2) is 0 Å². The van der Waals surface area contributed by atoms with Crippen LogP contribution in [0.3, 0.4) is 0 Å². The molecular weight excluding hydrogens is 346 g/mol. The second kappa shape index (κ2) is 7.92. The Bertz CT molecular complexity index is 830. The van der Waals surface area contributed by atoms with Crippen LogP contribution in [0.15, 0.2) is 34.9 Å². The summed E-state index contributed by atoms with van der Waals surface area (Å²) in [6.45, 7) is 6.11. The number of nitrogens with zero attached hydrogens (tertiary/aromatic N) is 2. The number of carbonyl (C=O) groups is 2. The van der Waals surface area contributed by atoms with Crippen molar-refractivity contribution in [3.63, 3.8) is 0 Å². The highest BCUT2D eigenvalue weighted by molar-refractivity contribution is 5.86. The molecule has 7 heteroatoms. The van der Waals surface area contributed by atoms with Crippen LogP contribution in [0, 0.1) is 6.92 Å². The van der Waals surface area contributed by atoms with Crippen LogP contribution < -0.4 is 5.32 Å². The quantitative estimate of drug-likeness (QED) is 0.872. The molecule has 2 heterocycles. The lowest BCUT2D eigenvalue weighted by molar-refractivity contribution is -0.162. The summed E-state index contributed by atoms with van der Waals surface area (Å²) in [7, 11) is 1.70. The number of carbonyl (C=O) groups excluding carboxylic acids is 2. The number of aromatic nitrogens is 1. The Morgan fingerprint density at radius 2 is 2.11 bits per heavy atom. The molecule has 1 aliphatic heterocycles. The van der Waals surface area contributed by atoms with Crippen molar-refractivity contribution in [2.45, 2.75) is 45.4 Å². The average molecular weight is 371 g/mol. The monoisotopic (exact) mass is 371 g/mol. The van der Waals surface area contributed by atoms with Gasteiger partial charge in [0.25, 0.3) is 5.91 Å². The molecule has 7 nitrogen and oxygen atoms in total. The number of hydrogen-bond acceptors (Lipinski definition) is 5. The molecule has 2 aromatic rings. The standard InChI is InChI=1S/C20H25N3O4/c1-12(2)16-9-14(22-27-16)10-21-20(25)19-18(23(4)17(24)11-26-19)15-8-6-5-7-13(15)3/h5-9,12,18-19H,10-11H2,1-4H3,(H,21,25)/t18-,19+/m1/s1. The van der Waals surface area contributed by atoms with Gasteiger partial charge in [-0.3, -0.25) is 9.59 Å². The van der Waals surface area contributed by atoms with Gasteiger partial charge in [-0.2, -0.15) is 0 Å². The third kappa shape index (κ3) is 4.03. The number of likely N-dealkylation sites (N-methyl/N-ethyl adjacent to an activating group) is 1. The number of hydrogen-bond donors (Lipinski definition) is 1. The topological polar surface area (TPSA) is 84.7 Å². The molecule has 1 N–H and O–H groups in total. The molecule has 1 aromatic carbocycles. The van der Waals surface area contributed by atoms with Crippen molar-refractivity contribution >= 4 is 11.8 Å². The normalized spacial score (nSPS) is 20.2. The van der Waals surface area contributed by atoms with Gasteiger partial charge in [-0.05, 0) is 18.1 Å². The molecule has 2 amide bonds. The first kappa shape index (κ1) is 19.1. The minimum absolute atomic E-state index is 0.113. The van der Waals surface area contributed by atoms with Gasteiger partial charge in [0.05, 0.1) is 12.6 Å². The molecule has 0 bridgehead atoms. The lowest BCUT2D eigenvalue weighted by atomic mass is 9.94. The Kier molecular flexibility index (Phi) is 5.60. The molecule has 1 saturated heterocycles. The van der Waals surface area contributed by atoms with E-state index in [1.807, 2.05) is 51.1 Å². The van der Waals surface area contributed by atoms with E-state index in [0.29, 0.717) is 5.69 Å². The van der Waals surface area contributed by atoms with E-state index in [0.717, 1.165) is 16.9 Å². The van der Waals surface area contributed by atoms with Gasteiger partial charge in [0.1, 0.15) is 18.1 Å². The highest BCUT2D eigenvalue weighted by Crippen LogP contribution is 2.31. The smallest absolute Gasteiger partial charge is 0.252 e. The lowest BCUT2D eigenvalue weighted by Crippen LogP contribution is -2.53. The van der Waals surface area contributed by atoms with Crippen LogP contribution in [0.4, 0.5) is 0 Å². The molecule has 144 valence electrons. The number of aryl methyl sites for hydroxylation is 1. The fourth-order valence-corrected chi connectivity index (χ4v) is 3.18. The van der Waals surface area contributed by atoms with E-state index in [9.17, 15) is 9.59 Å². The number of ether oxygens (including phenoxy) is 1. The molecule has 3 rings (SSSR count). The second-order valence-electron chi connectivity index (χ2n) is 7.13. The Morgan fingerprint density at radius 3 is 2.78 bits per heavy atom. The van der Waals surface area contributed by atoms with Crippen molar-refractivity contribution in [2.75, 3.05) is 13.7 Å². The van der Waals surface area contributed by atoms with E-state index in [1.165, 1.54) is 0 Å². The number of amides is 2. The van der Waals surface area contributed by atoms with Crippen LogP contribution in [-0.2, 0) is 20.9 Å². The molecule has 0 spiro atoms. The lowest BCUT2D eigenvalue weighted by Gasteiger charge is -2.38. The Hall–Kier alpha value is -2.67. The van der Waals surface area contributed by atoms with E-state index in [4.69, 9.17) is 9.26 Å². The van der Waals surface area contributed by atoms with Crippen LogP contribution in [0.1, 0.15) is 48.4 Å². The van der Waals surface area contributed by atoms with Gasteiger partial charge >= 0.3 is 0 Å². The third-order valence-electron chi connectivity index (χ3n) is 4.84. The number of morpholine rings is 1. The molecule has 0 unspecified atom stereocenters. The maximum Gasteiger partial charge on any atom is 0.252 e. The van der Waals surface area contributed by atoms with E-state index in [1.54, 1.807) is 11.9 Å². The SMILES string of the molecule is Cc1ccccc1[C@@H]1[C@@H](C(=O)NCc2cc(C(C)C)on2)OCC(=O)N1C. The van der Waals surface area contributed by atoms with Crippen LogP contribution in [-0.4, -0.2) is 41.6 Å². The van der Waals surface area contributed by atoms with Crippen LogP contribution >= 0.6 is 0 Å². The van der Waals surface area contributed by atoms with E-state index >= 15 is 0 Å². The summed E-state index contributed by atoms with van der Waals surface area (Å²) >= 11 is 0. The summed E-state index contributed by atoms with van der Waals surface area (Å²) < 4.78 is 10.9. The van der Waals surface area contributed by atoms with Crippen LogP contribution in [0.25, 0.3) is 0 Å². The average Bonchev–Trinajstić information content (AvgIpc) is 3.12. The summed E-state index contributed by atoms with van der Waals surface area (Å²) in [4.78, 5) is 26.6. The van der Waals surface area contributed by atoms with Gasteiger partial charge in [0, 0.05) is 19.0 Å². The maximum atomic E-state index is 12.8. The summed E-state index contributed by atoms with van der Waals surface area (Å²) in [6.07, 6.45) is -0.787. The van der Waals surface area contributed by atoms with Crippen molar-refractivity contribution in [1.82, 2.24) is 15.4 Å². The first-order valence-corrected chi connectivity index (χ1v) is 9.04. The van der Waals surface area contributed by atoms with Crippen molar-refractivity contribution in [3.8, 4) is 0 Å². The minimum Gasteiger partial charge on any atom is -0.361 e. The van der Waals surface area contributed by atoms with Gasteiger partial charge in [-0.1, -0.05) is 43.3 Å². The number of benzene rings is 1. The molecule has 27 heavy (non-hydrogen) atoms. The zero-order valence-electron chi connectivity index (χ0n) is 16.1. The van der Waals surface area contributed by atoms with Crippen molar-refractivity contribution in [2.24, 2.45) is 0 Å². The third-order valence-corrected chi connectivity index (χ3v) is 4.84. The molecule has 1 fully saturated rings. The summed E-state index contributed by atoms with van der Waals surface area (Å²) in [6, 6.07) is 9.06. The van der Waals surface area contributed by atoms with Crippen molar-refractivity contribution < 1.29 is 18.8 Å². The zero-order chi connectivity index (χ0) is 19.6. The molecule has 0 saturated carbocycles. The summed E-state index contributed by atoms with van der Waals surface area (Å²) in [5.41, 5.74) is 2.56. The second-order valence-corrected chi connectivity index (χ2v) is 7.13. The van der Waals surface area contributed by atoms with Crippen LogP contribution in [0.2, 0.25) is 0 Å². The number of nitrogens with one attached hydrogen (secondary N) is 1. The van der Waals surface area contributed by atoms with Gasteiger partial charge in [0.2, 0.25) is 5.91 Å². The highest BCUT2D eigenvalue weighted by atomic mass is 16.5. The summed E-state index contributed by atoms with van der Waals surface area (Å²) in [5.74, 6) is 0.576. The van der Waals surface area contributed by atoms with Crippen LogP contribution in [0.5, 0.6) is 0 Å². The molecule has 1 aliphatic rings. The van der Waals surface area contributed by atoms with Crippen molar-refractivity contribution in [3.05, 3.63) is 52.9 Å². The van der Waals surface area contributed by atoms with Gasteiger partial charge in [-0.15, -0.1) is 0 Å². The van der Waals surface area contributed by atoms with Gasteiger partial charge in [0.15, 0.2) is 6.10 Å². The molecule has 0 aliphatic carbocycles. The first-order valence-electron chi connectivity index (χ1n) is 9.04. The molecule has 0 radical (unpaired) electrons. The predicted molar refractivity (Wildman–Crippen MR) is 98.9 cm³/mol. The molecule has 1 aromatic heterocycles. The molecular formula is C20H25N3O4. The minimum atomic E-state index is -0.787. The zero-order valence-corrected chi connectivity index (χ0v) is 16.1. The van der Waals surface area contributed by atoms with Gasteiger partial charge < -0.3 is 19.5 Å². The Balaban J connectivity index is 1.76. The molecule has 2 atom stereocenters. The predicted octanol–water partition coefficient (Wildman–Crippen LogP) is 2.32. The Labute approximate surface area is 158 Å². The van der Waals surface area contributed by atoms with Crippen molar-refractivity contribution in [1.29, 1.82) is 0 Å². The van der Waals surface area contributed by atoms with E-state index in [2.05, 4.69) is 10.5 Å². The fraction of sp³-hybridized carbons (Fsp3) is 0.450. The number of rotatable bonds is 5. The van der Waals surface area contributed by atoms with E-state index < -0.39 is 12.1 Å². The first-order chi connectivity index (χ1) is 12.9. The summed E-state index contributed by atoms with van der Waals surface area (Å²) in [5, 5.41) is 6.83. The Morgan fingerprint density at radius 1 is 1.37 bits per heavy atom. The highest BCUT2D eigenvalue weighted by Gasteiger charge is 2.40. The van der Waals surface area contributed by atoms with E-state index in [-0.39, 0.29) is 30.9 Å². The maximum absolute atomic E-state index is 12.8. The fourth-order valence-electron chi connectivity index (χ4n) is 3.18. The largest absolute Gasteiger partial charge is 0.361 e.